The molecule has 0 aromatic heterocycles. The quantitative estimate of drug-likeness (QED) is 0.712. The molecule has 0 aliphatic carbocycles. The molecule has 0 bridgehead atoms. The molecule has 2 heterocycles. The first-order valence-electron chi connectivity index (χ1n) is 9.97. The van der Waals surface area contributed by atoms with Crippen LogP contribution in [-0.4, -0.2) is 43.6 Å². The van der Waals surface area contributed by atoms with Crippen LogP contribution in [0.25, 0.3) is 0 Å². The summed E-state index contributed by atoms with van der Waals surface area (Å²) in [7, 11) is 0. The molecule has 0 radical (unpaired) electrons. The van der Waals surface area contributed by atoms with E-state index in [-0.39, 0.29) is 17.5 Å². The van der Waals surface area contributed by atoms with Crippen LogP contribution in [0.5, 0.6) is 5.75 Å². The number of carbonyl (C=O) groups excluding carboxylic acids is 3. The summed E-state index contributed by atoms with van der Waals surface area (Å²) < 4.78 is 10.6. The van der Waals surface area contributed by atoms with Gasteiger partial charge in [0, 0.05) is 6.54 Å². The first-order valence-corrected chi connectivity index (χ1v) is 9.97. The van der Waals surface area contributed by atoms with E-state index in [1.807, 2.05) is 13.0 Å². The maximum atomic E-state index is 12.4. The second-order valence-corrected chi connectivity index (χ2v) is 7.13. The minimum absolute atomic E-state index is 0.0575. The summed E-state index contributed by atoms with van der Waals surface area (Å²) in [5.74, 6) is -0.617. The van der Waals surface area contributed by atoms with Crippen molar-refractivity contribution >= 4 is 34.8 Å². The maximum absolute atomic E-state index is 12.4. The van der Waals surface area contributed by atoms with Gasteiger partial charge in [0.25, 0.3) is 5.91 Å². The number of carbonyl (C=O) groups is 3. The molecule has 2 aliphatic rings. The van der Waals surface area contributed by atoms with Crippen LogP contribution in [-0.2, 0) is 14.3 Å². The van der Waals surface area contributed by atoms with Crippen molar-refractivity contribution in [2.24, 2.45) is 0 Å². The number of nitrogens with one attached hydrogen (secondary N) is 2. The number of ether oxygens (including phenoxy) is 2. The number of para-hydroxylation sites is 2. The summed E-state index contributed by atoms with van der Waals surface area (Å²) in [5, 5.41) is 5.54. The van der Waals surface area contributed by atoms with Crippen LogP contribution in [0.3, 0.4) is 0 Å². The second kappa shape index (κ2) is 8.44. The van der Waals surface area contributed by atoms with Crippen LogP contribution in [0.1, 0.15) is 30.1 Å². The number of nitrogens with zero attached hydrogens (tertiary/aromatic N) is 1. The molecule has 1 atom stereocenters. The lowest BCUT2D eigenvalue weighted by Crippen LogP contribution is -2.43. The van der Waals surface area contributed by atoms with Crippen molar-refractivity contribution in [2.75, 3.05) is 35.3 Å². The van der Waals surface area contributed by atoms with Gasteiger partial charge in [-0.2, -0.15) is 0 Å². The molecule has 1 fully saturated rings. The van der Waals surface area contributed by atoms with Gasteiger partial charge in [-0.05, 0) is 50.1 Å². The molecule has 0 saturated carbocycles. The fourth-order valence-electron chi connectivity index (χ4n) is 3.81. The average Bonchev–Trinajstić information content (AvgIpc) is 3.24. The highest BCUT2D eigenvalue weighted by Gasteiger charge is 2.36. The summed E-state index contributed by atoms with van der Waals surface area (Å²) in [6, 6.07) is 11.9. The molecule has 0 spiro atoms. The van der Waals surface area contributed by atoms with Gasteiger partial charge in [-0.15, -0.1) is 0 Å². The van der Waals surface area contributed by atoms with Crippen LogP contribution in [0.4, 0.5) is 17.1 Å². The van der Waals surface area contributed by atoms with Gasteiger partial charge in [-0.25, -0.2) is 4.79 Å². The number of hydrogen-bond donors (Lipinski definition) is 2. The van der Waals surface area contributed by atoms with E-state index >= 15 is 0 Å². The number of benzene rings is 2. The first-order chi connectivity index (χ1) is 14.6. The monoisotopic (exact) mass is 409 g/mol. The molecule has 2 aromatic rings. The lowest BCUT2D eigenvalue weighted by Gasteiger charge is -2.33. The Balaban J connectivity index is 1.38. The zero-order valence-corrected chi connectivity index (χ0v) is 16.6. The van der Waals surface area contributed by atoms with Gasteiger partial charge in [0.1, 0.15) is 11.8 Å². The van der Waals surface area contributed by atoms with E-state index in [1.165, 1.54) is 0 Å². The van der Waals surface area contributed by atoms with Crippen LogP contribution in [0.2, 0.25) is 0 Å². The normalized spacial score (nSPS) is 16.9. The Kier molecular flexibility index (Phi) is 5.56. The molecule has 2 N–H and O–H groups in total. The zero-order valence-electron chi connectivity index (χ0n) is 16.6. The zero-order chi connectivity index (χ0) is 21.1. The van der Waals surface area contributed by atoms with Crippen molar-refractivity contribution in [1.29, 1.82) is 0 Å². The topological polar surface area (TPSA) is 97.0 Å². The molecular weight excluding hydrogens is 386 g/mol. The highest BCUT2D eigenvalue weighted by molar-refractivity contribution is 6.05. The van der Waals surface area contributed by atoms with Crippen molar-refractivity contribution in [3.05, 3.63) is 48.0 Å². The number of esters is 1. The fraction of sp³-hybridized carbons (Fsp3) is 0.318. The number of anilines is 3. The molecule has 30 heavy (non-hydrogen) atoms. The van der Waals surface area contributed by atoms with Gasteiger partial charge in [-0.1, -0.05) is 12.1 Å². The lowest BCUT2D eigenvalue weighted by molar-refractivity contribution is -0.119. The number of hydrogen-bond acceptors (Lipinski definition) is 6. The third-order valence-electron chi connectivity index (χ3n) is 5.15. The Labute approximate surface area is 174 Å². The van der Waals surface area contributed by atoms with Crippen molar-refractivity contribution in [1.82, 2.24) is 0 Å². The van der Waals surface area contributed by atoms with E-state index in [4.69, 9.17) is 9.47 Å². The average molecular weight is 409 g/mol. The van der Waals surface area contributed by atoms with Crippen LogP contribution in [0.15, 0.2) is 42.5 Å². The molecule has 4 rings (SSSR count). The van der Waals surface area contributed by atoms with Gasteiger partial charge < -0.3 is 25.0 Å². The smallest absolute Gasteiger partial charge is 0.338 e. The molecule has 8 heteroatoms. The Morgan fingerprint density at radius 3 is 2.90 bits per heavy atom. The summed E-state index contributed by atoms with van der Waals surface area (Å²) in [5.41, 5.74) is 2.27. The van der Waals surface area contributed by atoms with Gasteiger partial charge >= 0.3 is 5.97 Å². The van der Waals surface area contributed by atoms with Gasteiger partial charge in [-0.3, -0.25) is 9.59 Å². The van der Waals surface area contributed by atoms with Crippen LogP contribution < -0.4 is 20.3 Å². The van der Waals surface area contributed by atoms with E-state index in [2.05, 4.69) is 15.5 Å². The predicted octanol–water partition coefficient (Wildman–Crippen LogP) is 2.80. The van der Waals surface area contributed by atoms with Gasteiger partial charge in [0.2, 0.25) is 5.91 Å². The van der Waals surface area contributed by atoms with Crippen molar-refractivity contribution in [2.45, 2.75) is 25.8 Å². The van der Waals surface area contributed by atoms with E-state index < -0.39 is 18.5 Å². The molecule has 2 aromatic carbocycles. The highest BCUT2D eigenvalue weighted by Crippen LogP contribution is 2.37. The number of rotatable bonds is 6. The first kappa shape index (κ1) is 19.8. The second-order valence-electron chi connectivity index (χ2n) is 7.13. The van der Waals surface area contributed by atoms with Crippen molar-refractivity contribution in [3.63, 3.8) is 0 Å². The summed E-state index contributed by atoms with van der Waals surface area (Å²) in [6.07, 6.45) is 1.79. The van der Waals surface area contributed by atoms with Crippen molar-refractivity contribution in [3.8, 4) is 5.75 Å². The van der Waals surface area contributed by atoms with Crippen LogP contribution >= 0.6 is 0 Å². The molecular formula is C22H23N3O5. The van der Waals surface area contributed by atoms with E-state index in [0.29, 0.717) is 23.7 Å². The minimum Gasteiger partial charge on any atom is -0.492 e. The number of amides is 2. The van der Waals surface area contributed by atoms with E-state index in [1.54, 1.807) is 36.4 Å². The third-order valence-corrected chi connectivity index (χ3v) is 5.15. The van der Waals surface area contributed by atoms with Gasteiger partial charge in [0.05, 0.1) is 29.2 Å². The third kappa shape index (κ3) is 3.94. The Morgan fingerprint density at radius 1 is 1.23 bits per heavy atom. The lowest BCUT2D eigenvalue weighted by atomic mass is 10.1. The summed E-state index contributed by atoms with van der Waals surface area (Å²) in [6.45, 7) is 2.70. The van der Waals surface area contributed by atoms with E-state index in [9.17, 15) is 14.4 Å². The Bertz CT molecular complexity index is 990. The van der Waals surface area contributed by atoms with Crippen molar-refractivity contribution < 1.29 is 23.9 Å². The van der Waals surface area contributed by atoms with Crippen LogP contribution in [0, 0.1) is 0 Å². The van der Waals surface area contributed by atoms with E-state index in [0.717, 1.165) is 25.1 Å². The Hall–Kier alpha value is -3.55. The highest BCUT2D eigenvalue weighted by atomic mass is 16.5. The molecule has 156 valence electrons. The predicted molar refractivity (Wildman–Crippen MR) is 112 cm³/mol. The fourth-order valence-corrected chi connectivity index (χ4v) is 3.81. The molecule has 2 amide bonds. The maximum Gasteiger partial charge on any atom is 0.338 e. The standard InChI is InChI=1S/C22H23N3O5/c1-2-29-19-8-4-3-6-15(19)23-20(26)13-30-22(28)14-9-10-17-16(12-14)24-21(27)18-7-5-11-25(17)18/h3-4,6,8-10,12,18H,2,5,7,11,13H2,1H3,(H,23,26)(H,24,27)/t18-/m1/s1. The number of fused-ring (bicyclic) bond motifs is 3. The summed E-state index contributed by atoms with van der Waals surface area (Å²) in [4.78, 5) is 38.9. The minimum atomic E-state index is -0.635. The Morgan fingerprint density at radius 2 is 2.07 bits per heavy atom. The molecule has 2 aliphatic heterocycles. The largest absolute Gasteiger partial charge is 0.492 e. The SMILES string of the molecule is CCOc1ccccc1NC(=O)COC(=O)c1ccc2c(c1)NC(=O)[C@H]1CCCN21. The molecule has 0 unspecified atom stereocenters. The van der Waals surface area contributed by atoms with Gasteiger partial charge in [0.15, 0.2) is 6.61 Å². The molecule has 8 nitrogen and oxygen atoms in total. The summed E-state index contributed by atoms with van der Waals surface area (Å²) >= 11 is 0. The molecule has 1 saturated heterocycles.